The molecule has 5 nitrogen and oxygen atoms in total. The van der Waals surface area contributed by atoms with Crippen LogP contribution in [-0.4, -0.2) is 19.1 Å². The first-order valence-corrected chi connectivity index (χ1v) is 9.23. The maximum Gasteiger partial charge on any atom is 0.336 e. The third kappa shape index (κ3) is 2.44. The smallest absolute Gasteiger partial charge is 0.267 e. The molecule has 0 radical (unpaired) electrons. The fourth-order valence-electron chi connectivity index (χ4n) is 3.79. The molecule has 0 aliphatic carbocycles. The van der Waals surface area contributed by atoms with Gasteiger partial charge in [0.15, 0.2) is 11.3 Å². The summed E-state index contributed by atoms with van der Waals surface area (Å²) in [4.78, 5) is 22.6. The number of fused-ring (bicyclic) bond motifs is 2. The number of hydrogen-bond donors (Lipinski definition) is 0. The van der Waals surface area contributed by atoms with Crippen LogP contribution in [0.1, 0.15) is 18.5 Å². The zero-order chi connectivity index (χ0) is 19.1. The van der Waals surface area contributed by atoms with E-state index in [-0.39, 0.29) is 11.7 Å². The Morgan fingerprint density at radius 2 is 1.46 bits per heavy atom. The summed E-state index contributed by atoms with van der Waals surface area (Å²) in [5, 5.41) is 2.08. The average molecular weight is 366 g/mol. The predicted octanol–water partition coefficient (Wildman–Crippen LogP) is 4.34. The highest BCUT2D eigenvalue weighted by molar-refractivity contribution is 5.91. The second-order valence-corrected chi connectivity index (χ2v) is 6.78. The van der Waals surface area contributed by atoms with Crippen LogP contribution in [0, 0.1) is 0 Å². The minimum Gasteiger partial charge on any atom is -0.267 e. The summed E-state index contributed by atoms with van der Waals surface area (Å²) < 4.78 is 3.39. The molecule has 0 fully saturated rings. The van der Waals surface area contributed by atoms with E-state index in [1.165, 1.54) is 0 Å². The zero-order valence-electron chi connectivity index (χ0n) is 15.4. The summed E-state index contributed by atoms with van der Waals surface area (Å²) in [5.74, 6) is 0. The normalized spacial score (nSPS) is 12.5. The first kappa shape index (κ1) is 16.4. The van der Waals surface area contributed by atoms with Crippen molar-refractivity contribution < 1.29 is 0 Å². The molecule has 0 unspecified atom stereocenters. The van der Waals surface area contributed by atoms with Crippen LogP contribution >= 0.6 is 0 Å². The molecule has 136 valence electrons. The molecule has 0 saturated heterocycles. The van der Waals surface area contributed by atoms with Crippen molar-refractivity contribution in [3.05, 3.63) is 101 Å². The molecule has 1 atom stereocenters. The van der Waals surface area contributed by atoms with Crippen molar-refractivity contribution in [2.24, 2.45) is 0 Å². The number of imidazole rings is 1. The van der Waals surface area contributed by atoms with Crippen LogP contribution in [0.15, 0.2) is 90.0 Å². The van der Waals surface area contributed by atoms with Crippen LogP contribution in [0.5, 0.6) is 0 Å². The Balaban J connectivity index is 1.85. The van der Waals surface area contributed by atoms with Crippen molar-refractivity contribution in [1.29, 1.82) is 0 Å². The van der Waals surface area contributed by atoms with Gasteiger partial charge in [0.25, 0.3) is 0 Å². The molecule has 5 heteroatoms. The Hall–Kier alpha value is -3.73. The van der Waals surface area contributed by atoms with Gasteiger partial charge in [-0.25, -0.2) is 19.3 Å². The standard InChI is InChI=1S/C23H18N4O/c1-16(17-8-3-2-4-9-17)26-21-22(25-15-14-24-21)27(23(26)28)20-13-7-11-18-10-5-6-12-19(18)20/h2-16H,1H3/t16-/m1/s1. The van der Waals surface area contributed by atoms with E-state index in [1.54, 1.807) is 21.5 Å². The second-order valence-electron chi connectivity index (χ2n) is 6.78. The van der Waals surface area contributed by atoms with E-state index in [1.807, 2.05) is 79.7 Å². The van der Waals surface area contributed by atoms with Gasteiger partial charge in [-0.3, -0.25) is 4.57 Å². The molecule has 0 saturated carbocycles. The molecule has 0 amide bonds. The number of aromatic nitrogens is 4. The van der Waals surface area contributed by atoms with E-state index in [0.717, 1.165) is 22.0 Å². The van der Waals surface area contributed by atoms with E-state index < -0.39 is 0 Å². The van der Waals surface area contributed by atoms with Crippen molar-refractivity contribution in [3.8, 4) is 5.69 Å². The largest absolute Gasteiger partial charge is 0.336 e. The lowest BCUT2D eigenvalue weighted by Gasteiger charge is -2.13. The predicted molar refractivity (Wildman–Crippen MR) is 111 cm³/mol. The second kappa shape index (κ2) is 6.46. The van der Waals surface area contributed by atoms with Gasteiger partial charge in [-0.15, -0.1) is 0 Å². The highest BCUT2D eigenvalue weighted by Gasteiger charge is 2.22. The van der Waals surface area contributed by atoms with Gasteiger partial charge in [0.05, 0.1) is 11.7 Å². The summed E-state index contributed by atoms with van der Waals surface area (Å²) >= 11 is 0. The van der Waals surface area contributed by atoms with Crippen LogP contribution in [-0.2, 0) is 0 Å². The van der Waals surface area contributed by atoms with Crippen molar-refractivity contribution in [1.82, 2.24) is 19.1 Å². The van der Waals surface area contributed by atoms with Crippen LogP contribution < -0.4 is 5.69 Å². The Morgan fingerprint density at radius 1 is 0.786 bits per heavy atom. The molecule has 3 aromatic carbocycles. The topological polar surface area (TPSA) is 52.7 Å². The molecular formula is C23H18N4O. The van der Waals surface area contributed by atoms with Gasteiger partial charge in [-0.2, -0.15) is 0 Å². The number of hydrogen-bond acceptors (Lipinski definition) is 3. The number of benzene rings is 3. The summed E-state index contributed by atoms with van der Waals surface area (Å²) in [6, 6.07) is 23.8. The van der Waals surface area contributed by atoms with Gasteiger partial charge >= 0.3 is 5.69 Å². The maximum absolute atomic E-state index is 13.6. The molecule has 5 aromatic rings. The van der Waals surface area contributed by atoms with E-state index in [9.17, 15) is 4.79 Å². The summed E-state index contributed by atoms with van der Waals surface area (Å²) in [6.07, 6.45) is 3.25. The van der Waals surface area contributed by atoms with Gasteiger partial charge in [-0.1, -0.05) is 66.7 Å². The lowest BCUT2D eigenvalue weighted by molar-refractivity contribution is 0.622. The van der Waals surface area contributed by atoms with Crippen molar-refractivity contribution in [2.75, 3.05) is 0 Å². The summed E-state index contributed by atoms with van der Waals surface area (Å²) in [7, 11) is 0. The van der Waals surface area contributed by atoms with Crippen LogP contribution in [0.4, 0.5) is 0 Å². The van der Waals surface area contributed by atoms with Crippen LogP contribution in [0.3, 0.4) is 0 Å². The Labute approximate surface area is 161 Å². The highest BCUT2D eigenvalue weighted by Crippen LogP contribution is 2.26. The van der Waals surface area contributed by atoms with E-state index >= 15 is 0 Å². The van der Waals surface area contributed by atoms with Crippen molar-refractivity contribution in [3.63, 3.8) is 0 Å². The van der Waals surface area contributed by atoms with Crippen molar-refractivity contribution >= 4 is 22.1 Å². The molecule has 0 N–H and O–H groups in total. The van der Waals surface area contributed by atoms with E-state index in [4.69, 9.17) is 0 Å². The third-order valence-corrected chi connectivity index (χ3v) is 5.17. The molecule has 0 aliphatic heterocycles. The molecular weight excluding hydrogens is 348 g/mol. The first-order chi connectivity index (χ1) is 13.8. The number of nitrogens with zero attached hydrogens (tertiary/aromatic N) is 4. The first-order valence-electron chi connectivity index (χ1n) is 9.23. The minimum absolute atomic E-state index is 0.145. The fraction of sp³-hybridized carbons (Fsp3) is 0.0870. The fourth-order valence-corrected chi connectivity index (χ4v) is 3.79. The quantitative estimate of drug-likeness (QED) is 0.477. The molecule has 0 bridgehead atoms. The molecule has 2 heterocycles. The van der Waals surface area contributed by atoms with Gasteiger partial charge in [0, 0.05) is 17.8 Å². The van der Waals surface area contributed by atoms with E-state index in [0.29, 0.717) is 11.3 Å². The Kier molecular flexibility index (Phi) is 3.79. The van der Waals surface area contributed by atoms with Gasteiger partial charge in [0.2, 0.25) is 0 Å². The van der Waals surface area contributed by atoms with Crippen LogP contribution in [0.25, 0.3) is 27.8 Å². The monoisotopic (exact) mass is 366 g/mol. The Bertz CT molecular complexity index is 1350. The highest BCUT2D eigenvalue weighted by atomic mass is 16.2. The zero-order valence-corrected chi connectivity index (χ0v) is 15.4. The molecule has 0 aliphatic rings. The average Bonchev–Trinajstić information content (AvgIpc) is 3.05. The number of rotatable bonds is 3. The molecule has 2 aromatic heterocycles. The lowest BCUT2D eigenvalue weighted by Crippen LogP contribution is -2.26. The maximum atomic E-state index is 13.6. The Morgan fingerprint density at radius 3 is 2.29 bits per heavy atom. The molecule has 28 heavy (non-hydrogen) atoms. The summed E-state index contributed by atoms with van der Waals surface area (Å²) in [6.45, 7) is 2.01. The molecule has 0 spiro atoms. The van der Waals surface area contributed by atoms with Crippen LogP contribution in [0.2, 0.25) is 0 Å². The SMILES string of the molecule is C[C@H](c1ccccc1)n1c(=O)n(-c2cccc3ccccc23)c2nccnc21. The molecule has 5 rings (SSSR count). The van der Waals surface area contributed by atoms with Gasteiger partial charge in [0.1, 0.15) is 0 Å². The van der Waals surface area contributed by atoms with Crippen molar-refractivity contribution in [2.45, 2.75) is 13.0 Å². The minimum atomic E-state index is -0.163. The van der Waals surface area contributed by atoms with E-state index in [2.05, 4.69) is 9.97 Å². The summed E-state index contributed by atoms with van der Waals surface area (Å²) in [5.41, 5.74) is 2.86. The third-order valence-electron chi connectivity index (χ3n) is 5.17. The van der Waals surface area contributed by atoms with Gasteiger partial charge < -0.3 is 0 Å². The van der Waals surface area contributed by atoms with Gasteiger partial charge in [-0.05, 0) is 23.9 Å². The lowest BCUT2D eigenvalue weighted by atomic mass is 10.1.